The van der Waals surface area contributed by atoms with Gasteiger partial charge in [-0.05, 0) is 52.2 Å². The van der Waals surface area contributed by atoms with Crippen molar-refractivity contribution in [1.82, 2.24) is 0 Å². The molecule has 1 rings (SSSR count). The Labute approximate surface area is 149 Å². The highest BCUT2D eigenvalue weighted by Gasteiger charge is 2.28. The van der Waals surface area contributed by atoms with Crippen LogP contribution in [0.5, 0.6) is 5.75 Å². The van der Waals surface area contributed by atoms with Gasteiger partial charge < -0.3 is 10.8 Å². The molecule has 1 aromatic carbocycles. The molecule has 2 nitrogen and oxygen atoms in total. The Bertz CT molecular complexity index is 523. The molecule has 0 saturated carbocycles. The number of hydrogen-bond donors (Lipinski definition) is 2. The van der Waals surface area contributed by atoms with Crippen LogP contribution in [0.4, 0.5) is 0 Å². The molecule has 0 fully saturated rings. The lowest BCUT2D eigenvalue weighted by molar-refractivity contribution is 0.298. The molecule has 0 heterocycles. The fourth-order valence-corrected chi connectivity index (χ4v) is 3.42. The molecule has 0 bridgehead atoms. The van der Waals surface area contributed by atoms with Crippen molar-refractivity contribution in [3.8, 4) is 5.75 Å². The maximum Gasteiger partial charge on any atom is 0.123 e. The lowest BCUT2D eigenvalue weighted by Gasteiger charge is -2.31. The van der Waals surface area contributed by atoms with Crippen molar-refractivity contribution < 1.29 is 5.11 Å². The lowest BCUT2D eigenvalue weighted by Crippen LogP contribution is -2.29. The van der Waals surface area contributed by atoms with Crippen molar-refractivity contribution in [2.45, 2.75) is 98.4 Å². The normalized spacial score (nSPS) is 14.8. The largest absolute Gasteiger partial charge is 0.507 e. The topological polar surface area (TPSA) is 46.2 Å². The van der Waals surface area contributed by atoms with Crippen LogP contribution in [0.2, 0.25) is 0 Å². The summed E-state index contributed by atoms with van der Waals surface area (Å²) in [5.74, 6) is 0.460. The molecule has 0 aliphatic carbocycles. The molecule has 0 spiro atoms. The minimum Gasteiger partial charge on any atom is -0.507 e. The summed E-state index contributed by atoms with van der Waals surface area (Å²) in [5.41, 5.74) is 9.57. The zero-order valence-electron chi connectivity index (χ0n) is 17.4. The molecule has 1 atom stereocenters. The zero-order valence-corrected chi connectivity index (χ0v) is 17.4. The van der Waals surface area contributed by atoms with Crippen LogP contribution in [0.1, 0.15) is 91.8 Å². The fourth-order valence-electron chi connectivity index (χ4n) is 3.42. The first-order valence-electron chi connectivity index (χ1n) is 9.30. The van der Waals surface area contributed by atoms with Gasteiger partial charge in [0, 0.05) is 6.04 Å². The number of hydrogen-bond acceptors (Lipinski definition) is 2. The third-order valence-electron chi connectivity index (χ3n) is 4.81. The molecule has 1 unspecified atom stereocenters. The highest BCUT2D eigenvalue weighted by molar-refractivity contribution is 5.50. The summed E-state index contributed by atoms with van der Waals surface area (Å²) < 4.78 is 0. The van der Waals surface area contributed by atoms with E-state index in [-0.39, 0.29) is 22.3 Å². The van der Waals surface area contributed by atoms with Gasteiger partial charge in [0.25, 0.3) is 0 Å². The van der Waals surface area contributed by atoms with Crippen molar-refractivity contribution >= 4 is 0 Å². The van der Waals surface area contributed by atoms with Gasteiger partial charge in [0.15, 0.2) is 0 Å². The van der Waals surface area contributed by atoms with E-state index in [2.05, 4.69) is 74.4 Å². The summed E-state index contributed by atoms with van der Waals surface area (Å²) in [7, 11) is 0. The van der Waals surface area contributed by atoms with E-state index in [0.29, 0.717) is 5.75 Å². The summed E-state index contributed by atoms with van der Waals surface area (Å²) in [5, 5.41) is 10.8. The smallest absolute Gasteiger partial charge is 0.123 e. The van der Waals surface area contributed by atoms with Crippen molar-refractivity contribution in [3.63, 3.8) is 0 Å². The van der Waals surface area contributed by atoms with E-state index >= 15 is 0 Å². The highest BCUT2D eigenvalue weighted by Crippen LogP contribution is 2.41. The van der Waals surface area contributed by atoms with Crippen LogP contribution >= 0.6 is 0 Å². The molecular weight excluding hydrogens is 294 g/mol. The van der Waals surface area contributed by atoms with Gasteiger partial charge in [-0.2, -0.15) is 0 Å². The average molecular weight is 334 g/mol. The highest BCUT2D eigenvalue weighted by atomic mass is 16.3. The maximum atomic E-state index is 10.8. The molecule has 1 aromatic rings. The first-order valence-corrected chi connectivity index (χ1v) is 9.30. The molecule has 0 amide bonds. The first kappa shape index (κ1) is 21.0. The molecular formula is C22H39NO. The third-order valence-corrected chi connectivity index (χ3v) is 4.81. The minimum atomic E-state index is -0.0793. The second-order valence-corrected chi connectivity index (χ2v) is 10.3. The summed E-state index contributed by atoms with van der Waals surface area (Å²) in [6.45, 7) is 19.7. The summed E-state index contributed by atoms with van der Waals surface area (Å²) in [4.78, 5) is 0. The van der Waals surface area contributed by atoms with Gasteiger partial charge in [-0.3, -0.25) is 0 Å². The first-order chi connectivity index (χ1) is 10.7. The number of nitrogens with two attached hydrogens (primary N) is 1. The van der Waals surface area contributed by atoms with Crippen molar-refractivity contribution in [1.29, 1.82) is 0 Å². The Morgan fingerprint density at radius 1 is 0.917 bits per heavy atom. The predicted molar refractivity (Wildman–Crippen MR) is 106 cm³/mol. The van der Waals surface area contributed by atoms with E-state index in [4.69, 9.17) is 5.73 Å². The number of benzene rings is 1. The van der Waals surface area contributed by atoms with Crippen molar-refractivity contribution in [2.24, 2.45) is 11.1 Å². The molecule has 0 radical (unpaired) electrons. The van der Waals surface area contributed by atoms with E-state index in [1.54, 1.807) is 0 Å². The van der Waals surface area contributed by atoms with Gasteiger partial charge in [0.1, 0.15) is 5.75 Å². The molecule has 138 valence electrons. The van der Waals surface area contributed by atoms with Gasteiger partial charge in [-0.1, -0.05) is 74.4 Å². The third kappa shape index (κ3) is 5.51. The quantitative estimate of drug-likeness (QED) is 0.728. The summed E-state index contributed by atoms with van der Waals surface area (Å²) >= 11 is 0. The van der Waals surface area contributed by atoms with Crippen LogP contribution in [0.15, 0.2) is 12.1 Å². The Balaban J connectivity index is 3.34. The van der Waals surface area contributed by atoms with E-state index in [1.807, 2.05) is 0 Å². The van der Waals surface area contributed by atoms with Crippen LogP contribution in [-0.2, 0) is 17.3 Å². The molecule has 2 heteroatoms. The monoisotopic (exact) mass is 333 g/mol. The van der Waals surface area contributed by atoms with Crippen LogP contribution in [0.3, 0.4) is 0 Å². The Morgan fingerprint density at radius 3 is 1.67 bits per heavy atom. The van der Waals surface area contributed by atoms with Crippen molar-refractivity contribution in [2.75, 3.05) is 0 Å². The summed E-state index contributed by atoms with van der Waals surface area (Å²) in [6.07, 6.45) is 3.01. The van der Waals surface area contributed by atoms with Crippen LogP contribution in [0, 0.1) is 5.41 Å². The second-order valence-electron chi connectivity index (χ2n) is 10.3. The zero-order chi connectivity index (χ0) is 18.9. The SMILES string of the molecule is CCC(N)CC(C)(C)Cc1cc(C(C)(C)C)c(O)c(C(C)(C)C)c1. The van der Waals surface area contributed by atoms with Gasteiger partial charge in [-0.25, -0.2) is 0 Å². The Morgan fingerprint density at radius 2 is 1.33 bits per heavy atom. The minimum absolute atomic E-state index is 0.0793. The van der Waals surface area contributed by atoms with E-state index in [9.17, 15) is 5.11 Å². The lowest BCUT2D eigenvalue weighted by atomic mass is 9.75. The average Bonchev–Trinajstić information content (AvgIpc) is 2.36. The molecule has 0 aliphatic heterocycles. The van der Waals surface area contributed by atoms with Gasteiger partial charge >= 0.3 is 0 Å². The van der Waals surface area contributed by atoms with E-state index in [0.717, 1.165) is 30.4 Å². The molecule has 0 saturated heterocycles. The van der Waals surface area contributed by atoms with Crippen LogP contribution in [0.25, 0.3) is 0 Å². The number of phenols is 1. The van der Waals surface area contributed by atoms with Gasteiger partial charge in [-0.15, -0.1) is 0 Å². The Kier molecular flexibility index (Phi) is 6.20. The van der Waals surface area contributed by atoms with Crippen LogP contribution in [-0.4, -0.2) is 11.1 Å². The second kappa shape index (κ2) is 7.07. The van der Waals surface area contributed by atoms with Gasteiger partial charge in [0.2, 0.25) is 0 Å². The maximum absolute atomic E-state index is 10.8. The van der Waals surface area contributed by atoms with E-state index < -0.39 is 0 Å². The number of aromatic hydroxyl groups is 1. The molecule has 24 heavy (non-hydrogen) atoms. The number of phenolic OH excluding ortho intramolecular Hbond substituents is 1. The van der Waals surface area contributed by atoms with Gasteiger partial charge in [0.05, 0.1) is 0 Å². The van der Waals surface area contributed by atoms with Crippen LogP contribution < -0.4 is 5.73 Å². The standard InChI is InChI=1S/C22H39NO/c1-10-16(23)14-22(8,9)13-15-11-17(20(2,3)4)19(24)18(12-15)21(5,6)7/h11-12,16,24H,10,13-14,23H2,1-9H3. The molecule has 0 aromatic heterocycles. The Hall–Kier alpha value is -1.02. The number of rotatable bonds is 5. The molecule has 0 aliphatic rings. The fraction of sp³-hybridized carbons (Fsp3) is 0.727. The predicted octanol–water partition coefficient (Wildman–Crippen LogP) is 5.68. The summed E-state index contributed by atoms with van der Waals surface area (Å²) in [6, 6.07) is 4.65. The van der Waals surface area contributed by atoms with E-state index in [1.165, 1.54) is 5.56 Å². The van der Waals surface area contributed by atoms with Crippen molar-refractivity contribution in [3.05, 3.63) is 28.8 Å². The molecule has 3 N–H and O–H groups in total.